The molecule has 0 bridgehead atoms. The van der Waals surface area contributed by atoms with E-state index in [1.807, 2.05) is 0 Å². The van der Waals surface area contributed by atoms with Crippen LogP contribution in [0, 0.1) is 40.4 Å². The molecule has 1 heterocycles. The van der Waals surface area contributed by atoms with Crippen molar-refractivity contribution in [1.29, 1.82) is 0 Å². The van der Waals surface area contributed by atoms with Gasteiger partial charge in [-0.3, -0.25) is 9.59 Å². The molecule has 42 heavy (non-hydrogen) atoms. The summed E-state index contributed by atoms with van der Waals surface area (Å²) < 4.78 is 12.8. The fourth-order valence-electron chi connectivity index (χ4n) is 10.0. The molecule has 10 unspecified atom stereocenters. The summed E-state index contributed by atoms with van der Waals surface area (Å²) in [5.74, 6) is 0.305. The van der Waals surface area contributed by atoms with E-state index in [0.29, 0.717) is 30.6 Å². The summed E-state index contributed by atoms with van der Waals surface area (Å²) in [4.78, 5) is 23.4. The lowest BCUT2D eigenvalue weighted by atomic mass is 9.46. The van der Waals surface area contributed by atoms with Crippen LogP contribution in [-0.2, 0) is 19.1 Å². The first-order valence-electron chi connectivity index (χ1n) is 16.0. The molecule has 0 spiro atoms. The highest BCUT2D eigenvalue weighted by Gasteiger charge is 2.62. The van der Waals surface area contributed by atoms with Crippen molar-refractivity contribution in [3.05, 3.63) is 11.6 Å². The van der Waals surface area contributed by atoms with Gasteiger partial charge in [-0.15, -0.1) is 0 Å². The molecule has 4 fully saturated rings. The van der Waals surface area contributed by atoms with Crippen molar-refractivity contribution in [2.75, 3.05) is 6.61 Å². The Hall–Kier alpha value is -1.56. The van der Waals surface area contributed by atoms with Crippen molar-refractivity contribution in [2.24, 2.45) is 40.4 Å². The molecule has 10 heteroatoms. The average molecular weight is 594 g/mol. The number of carboxylic acid groups (broad SMARTS) is 1. The smallest absolute Gasteiger partial charge is 0.303 e. The number of aliphatic carboxylic acids is 1. The van der Waals surface area contributed by atoms with Crippen molar-refractivity contribution in [1.82, 2.24) is 5.32 Å². The zero-order chi connectivity index (χ0) is 30.6. The number of fused-ring (bicyclic) bond motifs is 5. The zero-order valence-electron chi connectivity index (χ0n) is 25.4. The molecule has 0 aromatic rings. The van der Waals surface area contributed by atoms with Crippen molar-refractivity contribution in [3.8, 4) is 0 Å². The third-order valence-corrected chi connectivity index (χ3v) is 12.2. The quantitative estimate of drug-likeness (QED) is 0.232. The van der Waals surface area contributed by atoms with Crippen LogP contribution in [0.2, 0.25) is 0 Å². The van der Waals surface area contributed by atoms with Gasteiger partial charge in [0.2, 0.25) is 5.91 Å². The molecular formula is C32H51NO9. The summed E-state index contributed by atoms with van der Waals surface area (Å²) in [6.07, 6.45) is 3.61. The lowest BCUT2D eigenvalue weighted by Crippen LogP contribution is -2.65. The van der Waals surface area contributed by atoms with Crippen LogP contribution in [0.5, 0.6) is 0 Å². The van der Waals surface area contributed by atoms with E-state index in [2.05, 4.69) is 32.2 Å². The second kappa shape index (κ2) is 12.1. The maximum Gasteiger partial charge on any atom is 0.303 e. The highest BCUT2D eigenvalue weighted by molar-refractivity contribution is 5.73. The number of ether oxygens (including phenoxy) is 2. The molecule has 1 saturated heterocycles. The Morgan fingerprint density at radius 2 is 1.83 bits per heavy atom. The van der Waals surface area contributed by atoms with Gasteiger partial charge in [-0.05, 0) is 91.8 Å². The van der Waals surface area contributed by atoms with Crippen LogP contribution in [0.3, 0.4) is 0 Å². The van der Waals surface area contributed by atoms with Gasteiger partial charge in [0.1, 0.15) is 24.4 Å². The average Bonchev–Trinajstić information content (AvgIpc) is 3.29. The molecule has 6 N–H and O–H groups in total. The van der Waals surface area contributed by atoms with Gasteiger partial charge in [0, 0.05) is 13.3 Å². The predicted molar refractivity (Wildman–Crippen MR) is 153 cm³/mol. The van der Waals surface area contributed by atoms with E-state index in [4.69, 9.17) is 9.47 Å². The van der Waals surface area contributed by atoms with Crippen LogP contribution in [0.1, 0.15) is 85.5 Å². The molecule has 1 aliphatic heterocycles. The van der Waals surface area contributed by atoms with Crippen LogP contribution < -0.4 is 5.32 Å². The number of rotatable bonds is 8. The van der Waals surface area contributed by atoms with Crippen molar-refractivity contribution in [2.45, 2.75) is 128 Å². The molecule has 1 amide bonds. The maximum atomic E-state index is 12.1. The van der Waals surface area contributed by atoms with E-state index in [1.165, 1.54) is 12.5 Å². The van der Waals surface area contributed by atoms with Crippen molar-refractivity contribution in [3.63, 3.8) is 0 Å². The Bertz CT molecular complexity index is 1050. The number of nitrogens with one attached hydrogen (secondary N) is 1. The number of hydrogen-bond acceptors (Lipinski definition) is 8. The second-order valence-corrected chi connectivity index (χ2v) is 14.5. The van der Waals surface area contributed by atoms with Gasteiger partial charge >= 0.3 is 5.97 Å². The fourth-order valence-corrected chi connectivity index (χ4v) is 10.0. The number of carbonyl (C=O) groups excluding carboxylic acids is 1. The summed E-state index contributed by atoms with van der Waals surface area (Å²) in [5.41, 5.74) is 1.14. The van der Waals surface area contributed by atoms with Gasteiger partial charge in [0.25, 0.3) is 0 Å². The molecule has 5 aliphatic rings. The first-order chi connectivity index (χ1) is 19.8. The van der Waals surface area contributed by atoms with E-state index < -0.39 is 61.3 Å². The summed E-state index contributed by atoms with van der Waals surface area (Å²) >= 11 is 0. The van der Waals surface area contributed by atoms with Crippen LogP contribution in [0.25, 0.3) is 0 Å². The molecule has 0 aromatic carbocycles. The maximum absolute atomic E-state index is 12.1. The monoisotopic (exact) mass is 593 g/mol. The Labute approximate surface area is 248 Å². The Morgan fingerprint density at radius 3 is 2.50 bits per heavy atom. The highest BCUT2D eigenvalue weighted by atomic mass is 16.7. The van der Waals surface area contributed by atoms with Gasteiger partial charge < -0.3 is 40.3 Å². The van der Waals surface area contributed by atoms with E-state index in [9.17, 15) is 35.1 Å². The third kappa shape index (κ3) is 5.56. The van der Waals surface area contributed by atoms with E-state index >= 15 is 0 Å². The van der Waals surface area contributed by atoms with Crippen molar-refractivity contribution >= 4 is 11.9 Å². The molecule has 10 nitrogen and oxygen atoms in total. The standard InChI is InChI=1S/C32H51NO9/c1-16(5-8-25(37)38)20-6-7-21-26-22(10-12-32(20,21)4)31(3)11-9-19(36)13-18(31)14-23(26)41-30-27(33-17(2)35)29(40)28(39)24(15-34)42-30/h14,16,19-24,26-30,34,36,39-40H,5-13,15H2,1-4H3,(H,33,35)(H,37,38)/t16?,19-,20?,21?,22?,23-,24?,26?,27?,28+,29?,30+,31?,32?/m0/s1. The Kier molecular flexibility index (Phi) is 9.17. The first kappa shape index (κ1) is 31.9. The highest BCUT2D eigenvalue weighted by Crippen LogP contribution is 2.67. The number of aliphatic hydroxyl groups excluding tert-OH is 4. The topological polar surface area (TPSA) is 166 Å². The lowest BCUT2D eigenvalue weighted by Gasteiger charge is -2.60. The molecule has 0 aromatic heterocycles. The van der Waals surface area contributed by atoms with E-state index in [-0.39, 0.29) is 29.1 Å². The molecule has 238 valence electrons. The minimum atomic E-state index is -1.39. The molecule has 5 rings (SSSR count). The fraction of sp³-hybridized carbons (Fsp3) is 0.875. The normalized spacial score (nSPS) is 47.4. The first-order valence-corrected chi connectivity index (χ1v) is 16.0. The van der Waals surface area contributed by atoms with Gasteiger partial charge in [-0.25, -0.2) is 0 Å². The summed E-state index contributed by atoms with van der Waals surface area (Å²) in [6.45, 7) is 7.73. The van der Waals surface area contributed by atoms with Gasteiger partial charge in [-0.1, -0.05) is 32.4 Å². The minimum Gasteiger partial charge on any atom is -0.481 e. The largest absolute Gasteiger partial charge is 0.481 e. The summed E-state index contributed by atoms with van der Waals surface area (Å²) in [5, 5.41) is 54.0. The molecule has 4 aliphatic carbocycles. The molecule has 0 radical (unpaired) electrons. The molecular weight excluding hydrogens is 542 g/mol. The Morgan fingerprint density at radius 1 is 1.10 bits per heavy atom. The zero-order valence-corrected chi connectivity index (χ0v) is 25.4. The predicted octanol–water partition coefficient (Wildman–Crippen LogP) is 2.37. The third-order valence-electron chi connectivity index (χ3n) is 12.2. The van der Waals surface area contributed by atoms with E-state index in [1.54, 1.807) is 0 Å². The van der Waals surface area contributed by atoms with Crippen LogP contribution >= 0.6 is 0 Å². The van der Waals surface area contributed by atoms with Gasteiger partial charge in [0.05, 0.1) is 18.8 Å². The van der Waals surface area contributed by atoms with Gasteiger partial charge in [0.15, 0.2) is 6.29 Å². The number of amides is 1. The summed E-state index contributed by atoms with van der Waals surface area (Å²) in [6, 6.07) is -1.02. The van der Waals surface area contributed by atoms with Gasteiger partial charge in [-0.2, -0.15) is 0 Å². The molecule has 14 atom stereocenters. The number of carbonyl (C=O) groups is 2. The minimum absolute atomic E-state index is 0.0182. The second-order valence-electron chi connectivity index (χ2n) is 14.5. The molecule has 3 saturated carbocycles. The summed E-state index contributed by atoms with van der Waals surface area (Å²) in [7, 11) is 0. The number of aliphatic hydroxyl groups is 4. The van der Waals surface area contributed by atoms with Crippen molar-refractivity contribution < 1.29 is 44.6 Å². The SMILES string of the molecule is CC(=O)NC1C(O)[C@H](O)C(CO)O[C@H]1O[C@H]1C=C2C[C@@H](O)CCC2(C)C2CCC3(C)C(C(C)CCC(=O)O)CCC3C21. The Balaban J connectivity index is 1.50. The number of hydrogen-bond donors (Lipinski definition) is 6. The van der Waals surface area contributed by atoms with Crippen LogP contribution in [0.15, 0.2) is 11.6 Å². The number of carboxylic acids is 1. The van der Waals surface area contributed by atoms with E-state index in [0.717, 1.165) is 38.5 Å². The lowest BCUT2D eigenvalue weighted by molar-refractivity contribution is -0.289. The van der Waals surface area contributed by atoms with Crippen LogP contribution in [0.4, 0.5) is 0 Å². The van der Waals surface area contributed by atoms with Crippen LogP contribution in [-0.4, -0.2) is 86.9 Å².